The lowest BCUT2D eigenvalue weighted by atomic mass is 10.0. The van der Waals surface area contributed by atoms with Crippen LogP contribution in [0.25, 0.3) is 0 Å². The van der Waals surface area contributed by atoms with E-state index in [1.165, 1.54) is 7.11 Å². The first kappa shape index (κ1) is 10.8. The molecule has 0 aromatic heterocycles. The summed E-state index contributed by atoms with van der Waals surface area (Å²) in [6.07, 6.45) is 10.6. The first-order valence-electron chi connectivity index (χ1n) is 4.17. The van der Waals surface area contributed by atoms with E-state index in [1.54, 1.807) is 13.0 Å². The molecule has 74 valence electrons. The molecule has 0 saturated carbocycles. The Labute approximate surface area is 88.4 Å². The van der Waals surface area contributed by atoms with Crippen LogP contribution in [0.4, 0.5) is 5.69 Å². The van der Waals surface area contributed by atoms with Gasteiger partial charge in [0.15, 0.2) is 11.4 Å². The molecule has 0 heterocycles. The Morgan fingerprint density at radius 3 is 2.47 bits per heavy atom. The number of rotatable bonds is 2. The summed E-state index contributed by atoms with van der Waals surface area (Å²) in [5, 5.41) is 2.86. The second-order valence-corrected chi connectivity index (χ2v) is 2.85. The third kappa shape index (κ3) is 1.68. The molecule has 0 N–H and O–H groups in total. The van der Waals surface area contributed by atoms with Crippen molar-refractivity contribution in [2.45, 2.75) is 6.92 Å². The summed E-state index contributed by atoms with van der Waals surface area (Å²) in [6, 6.07) is 1.58. The molecule has 0 unspecified atom stereocenters. The largest absolute Gasteiger partial charge is 0.494 e. The van der Waals surface area contributed by atoms with Gasteiger partial charge in [-0.15, -0.1) is 17.8 Å². The quantitative estimate of drug-likeness (QED) is 0.541. The van der Waals surface area contributed by atoms with Crippen LogP contribution in [-0.4, -0.2) is 7.11 Å². The van der Waals surface area contributed by atoms with Crippen molar-refractivity contribution in [2.24, 2.45) is 5.18 Å². The number of terminal acetylenes is 2. The molecular weight excluding hydrogens is 190 g/mol. The van der Waals surface area contributed by atoms with E-state index in [9.17, 15) is 4.91 Å². The Morgan fingerprint density at radius 1 is 1.40 bits per heavy atom. The van der Waals surface area contributed by atoms with Crippen LogP contribution in [0, 0.1) is 36.5 Å². The van der Waals surface area contributed by atoms with E-state index in [4.69, 9.17) is 17.6 Å². The number of ether oxygens (including phenoxy) is 1. The van der Waals surface area contributed by atoms with Crippen LogP contribution < -0.4 is 4.74 Å². The van der Waals surface area contributed by atoms with Crippen molar-refractivity contribution < 1.29 is 4.74 Å². The summed E-state index contributed by atoms with van der Waals surface area (Å²) < 4.78 is 4.99. The normalized spacial score (nSPS) is 8.80. The van der Waals surface area contributed by atoms with Gasteiger partial charge in [-0.3, -0.25) is 0 Å². The monoisotopic (exact) mass is 199 g/mol. The molecule has 0 aliphatic carbocycles. The molecule has 3 heteroatoms. The van der Waals surface area contributed by atoms with E-state index in [0.29, 0.717) is 22.4 Å². The summed E-state index contributed by atoms with van der Waals surface area (Å²) in [7, 11) is 1.43. The molecule has 0 atom stereocenters. The van der Waals surface area contributed by atoms with Gasteiger partial charge in [-0.2, -0.15) is 0 Å². The van der Waals surface area contributed by atoms with Crippen molar-refractivity contribution in [3.63, 3.8) is 0 Å². The lowest BCUT2D eigenvalue weighted by Gasteiger charge is -2.09. The molecule has 0 fully saturated rings. The fourth-order valence-electron chi connectivity index (χ4n) is 1.32. The number of benzene rings is 1. The summed E-state index contributed by atoms with van der Waals surface area (Å²) in [4.78, 5) is 10.6. The first-order valence-corrected chi connectivity index (χ1v) is 4.17. The van der Waals surface area contributed by atoms with Crippen LogP contribution >= 0.6 is 0 Å². The number of hydrogen-bond donors (Lipinski definition) is 0. The van der Waals surface area contributed by atoms with Crippen molar-refractivity contribution in [3.8, 4) is 30.4 Å². The van der Waals surface area contributed by atoms with E-state index in [2.05, 4.69) is 17.0 Å². The maximum absolute atomic E-state index is 10.6. The first-order chi connectivity index (χ1) is 7.19. The van der Waals surface area contributed by atoms with Crippen molar-refractivity contribution >= 4 is 5.69 Å². The molecule has 0 spiro atoms. The van der Waals surface area contributed by atoms with Gasteiger partial charge in [-0.1, -0.05) is 11.8 Å². The van der Waals surface area contributed by atoms with Crippen LogP contribution in [0.1, 0.15) is 16.7 Å². The molecule has 15 heavy (non-hydrogen) atoms. The Balaban J connectivity index is 3.68. The van der Waals surface area contributed by atoms with Crippen molar-refractivity contribution in [1.29, 1.82) is 0 Å². The topological polar surface area (TPSA) is 38.7 Å². The number of methoxy groups -OCH3 is 1. The molecule has 0 aliphatic rings. The second-order valence-electron chi connectivity index (χ2n) is 2.85. The minimum atomic E-state index is 0.122. The Bertz CT molecular complexity index is 490. The lowest BCUT2D eigenvalue weighted by Crippen LogP contribution is -1.93. The minimum Gasteiger partial charge on any atom is -0.494 e. The van der Waals surface area contributed by atoms with Gasteiger partial charge in [0.1, 0.15) is 0 Å². The maximum Gasteiger partial charge on any atom is 0.165 e. The highest BCUT2D eigenvalue weighted by Gasteiger charge is 2.14. The van der Waals surface area contributed by atoms with Gasteiger partial charge in [0.2, 0.25) is 0 Å². The van der Waals surface area contributed by atoms with Gasteiger partial charge < -0.3 is 4.74 Å². The fraction of sp³-hybridized carbons (Fsp3) is 0.167. The fourth-order valence-corrected chi connectivity index (χ4v) is 1.32. The van der Waals surface area contributed by atoms with E-state index >= 15 is 0 Å². The molecule has 3 nitrogen and oxygen atoms in total. The Hall–Kier alpha value is -2.26. The lowest BCUT2D eigenvalue weighted by molar-refractivity contribution is 0.416. The van der Waals surface area contributed by atoms with E-state index < -0.39 is 0 Å². The van der Waals surface area contributed by atoms with Crippen LogP contribution in [0.15, 0.2) is 11.2 Å². The predicted octanol–water partition coefficient (Wildman–Crippen LogP) is 2.36. The molecule has 0 aliphatic heterocycles. The molecule has 1 rings (SSSR count). The number of nitroso groups, excluding NO2 is 1. The molecule has 0 saturated heterocycles. The van der Waals surface area contributed by atoms with Crippen molar-refractivity contribution in [3.05, 3.63) is 27.7 Å². The van der Waals surface area contributed by atoms with Crippen LogP contribution in [0.5, 0.6) is 5.75 Å². The molecule has 1 aromatic carbocycles. The van der Waals surface area contributed by atoms with Crippen LogP contribution in [0.3, 0.4) is 0 Å². The van der Waals surface area contributed by atoms with Gasteiger partial charge in [-0.05, 0) is 23.7 Å². The summed E-state index contributed by atoms with van der Waals surface area (Å²) >= 11 is 0. The van der Waals surface area contributed by atoms with E-state index in [0.717, 1.165) is 0 Å². The predicted molar refractivity (Wildman–Crippen MR) is 59.1 cm³/mol. The van der Waals surface area contributed by atoms with Gasteiger partial charge in [0.25, 0.3) is 0 Å². The molecule has 1 aromatic rings. The van der Waals surface area contributed by atoms with Gasteiger partial charge in [-0.25, -0.2) is 0 Å². The zero-order valence-corrected chi connectivity index (χ0v) is 8.50. The second kappa shape index (κ2) is 4.30. The Kier molecular flexibility index (Phi) is 3.10. The van der Waals surface area contributed by atoms with Crippen molar-refractivity contribution in [1.82, 2.24) is 0 Å². The minimum absolute atomic E-state index is 0.122. The number of hydrogen-bond acceptors (Lipinski definition) is 3. The van der Waals surface area contributed by atoms with Gasteiger partial charge >= 0.3 is 0 Å². The molecule has 0 radical (unpaired) electrons. The molecule has 0 amide bonds. The van der Waals surface area contributed by atoms with E-state index in [1.807, 2.05) is 0 Å². The Morgan fingerprint density at radius 2 is 2.07 bits per heavy atom. The van der Waals surface area contributed by atoms with Gasteiger partial charge in [0, 0.05) is 5.56 Å². The third-order valence-corrected chi connectivity index (χ3v) is 2.14. The maximum atomic E-state index is 10.6. The summed E-state index contributed by atoms with van der Waals surface area (Å²) in [5.41, 5.74) is 1.80. The van der Waals surface area contributed by atoms with E-state index in [-0.39, 0.29) is 5.69 Å². The highest BCUT2D eigenvalue weighted by atomic mass is 16.5. The van der Waals surface area contributed by atoms with Crippen LogP contribution in [-0.2, 0) is 0 Å². The zero-order chi connectivity index (χ0) is 11.4. The van der Waals surface area contributed by atoms with Gasteiger partial charge in [0.05, 0.1) is 12.7 Å². The molecule has 0 bridgehead atoms. The average molecular weight is 199 g/mol. The zero-order valence-electron chi connectivity index (χ0n) is 8.50. The summed E-state index contributed by atoms with van der Waals surface area (Å²) in [6.45, 7) is 1.75. The van der Waals surface area contributed by atoms with Crippen LogP contribution in [0.2, 0.25) is 0 Å². The average Bonchev–Trinajstić information content (AvgIpc) is 2.28. The highest BCUT2D eigenvalue weighted by Crippen LogP contribution is 2.34. The van der Waals surface area contributed by atoms with Crippen molar-refractivity contribution in [2.75, 3.05) is 7.11 Å². The SMILES string of the molecule is C#Cc1cc(OC)c(N=O)c(C#C)c1C. The standard InChI is InChI=1S/C12H9NO2/c1-5-9-7-11(15-4)12(13-14)10(6-2)8(9)3/h1-2,7H,3-4H3. The number of nitrogens with zero attached hydrogens (tertiary/aromatic N) is 1. The summed E-state index contributed by atoms with van der Waals surface area (Å²) in [5.74, 6) is 5.17. The third-order valence-electron chi connectivity index (χ3n) is 2.14. The highest BCUT2D eigenvalue weighted by molar-refractivity contribution is 5.70. The smallest absolute Gasteiger partial charge is 0.165 e. The molecular formula is C12H9NO2.